The van der Waals surface area contributed by atoms with Crippen molar-refractivity contribution in [1.82, 2.24) is 9.88 Å². The normalized spacial score (nSPS) is 21.4. The van der Waals surface area contributed by atoms with Crippen LogP contribution in [0.3, 0.4) is 0 Å². The molecule has 1 aliphatic heterocycles. The first-order valence-corrected chi connectivity index (χ1v) is 5.16. The van der Waals surface area contributed by atoms with E-state index in [0.717, 1.165) is 12.8 Å². The van der Waals surface area contributed by atoms with Crippen molar-refractivity contribution in [2.24, 2.45) is 0 Å². The Morgan fingerprint density at radius 3 is 3.07 bits per heavy atom. The van der Waals surface area contributed by atoms with Gasteiger partial charge in [-0.2, -0.15) is 0 Å². The van der Waals surface area contributed by atoms with Crippen LogP contribution in [0.25, 0.3) is 0 Å². The number of aromatic nitrogens is 1. The van der Waals surface area contributed by atoms with Gasteiger partial charge in [-0.1, -0.05) is 6.07 Å². The van der Waals surface area contributed by atoms with Crippen LogP contribution in [0.15, 0.2) is 24.4 Å². The smallest absolute Gasteiger partial charge is 0.272 e. The lowest BCUT2D eigenvalue weighted by Gasteiger charge is -2.29. The number of amides is 1. The minimum Gasteiger partial charge on any atom is -0.391 e. The third-order valence-corrected chi connectivity index (χ3v) is 2.57. The van der Waals surface area contributed by atoms with E-state index in [1.54, 1.807) is 29.3 Å². The molecule has 1 atom stereocenters. The van der Waals surface area contributed by atoms with E-state index in [1.165, 1.54) is 0 Å². The van der Waals surface area contributed by atoms with Crippen LogP contribution in [0.2, 0.25) is 0 Å². The average molecular weight is 206 g/mol. The SMILES string of the molecule is O=C(c1ccccn1)N1CCC[C@@H](O)C1. The van der Waals surface area contributed by atoms with Gasteiger partial charge in [-0.25, -0.2) is 0 Å². The fourth-order valence-corrected chi connectivity index (χ4v) is 1.79. The molecule has 1 aromatic heterocycles. The molecule has 1 saturated heterocycles. The van der Waals surface area contributed by atoms with Crippen molar-refractivity contribution >= 4 is 5.91 Å². The number of carbonyl (C=O) groups excluding carboxylic acids is 1. The van der Waals surface area contributed by atoms with Gasteiger partial charge in [0, 0.05) is 19.3 Å². The zero-order chi connectivity index (χ0) is 10.7. The van der Waals surface area contributed by atoms with Gasteiger partial charge in [-0.05, 0) is 25.0 Å². The fourth-order valence-electron chi connectivity index (χ4n) is 1.79. The molecule has 0 aromatic carbocycles. The molecule has 0 unspecified atom stereocenters. The van der Waals surface area contributed by atoms with Gasteiger partial charge in [0.2, 0.25) is 0 Å². The third-order valence-electron chi connectivity index (χ3n) is 2.57. The molecule has 1 aliphatic rings. The first-order chi connectivity index (χ1) is 7.27. The minimum atomic E-state index is -0.383. The monoisotopic (exact) mass is 206 g/mol. The highest BCUT2D eigenvalue weighted by atomic mass is 16.3. The maximum Gasteiger partial charge on any atom is 0.272 e. The van der Waals surface area contributed by atoms with E-state index in [2.05, 4.69) is 4.98 Å². The van der Waals surface area contributed by atoms with Crippen LogP contribution in [0.1, 0.15) is 23.3 Å². The molecule has 1 N–H and O–H groups in total. The summed E-state index contributed by atoms with van der Waals surface area (Å²) in [5, 5.41) is 9.46. The van der Waals surface area contributed by atoms with E-state index in [4.69, 9.17) is 0 Å². The Labute approximate surface area is 88.6 Å². The Bertz CT molecular complexity index is 340. The predicted molar refractivity (Wildman–Crippen MR) is 55.4 cm³/mol. The van der Waals surface area contributed by atoms with E-state index in [1.807, 2.05) is 0 Å². The van der Waals surface area contributed by atoms with Gasteiger partial charge in [-0.3, -0.25) is 9.78 Å². The summed E-state index contributed by atoms with van der Waals surface area (Å²) in [7, 11) is 0. The number of hydrogen-bond acceptors (Lipinski definition) is 3. The Hall–Kier alpha value is -1.42. The van der Waals surface area contributed by atoms with Crippen LogP contribution < -0.4 is 0 Å². The number of aliphatic hydroxyl groups excluding tert-OH is 1. The Kier molecular flexibility index (Phi) is 2.97. The molecule has 15 heavy (non-hydrogen) atoms. The first kappa shape index (κ1) is 10.1. The summed E-state index contributed by atoms with van der Waals surface area (Å²) in [6.45, 7) is 1.14. The molecule has 0 aliphatic carbocycles. The molecular formula is C11H14N2O2. The summed E-state index contributed by atoms with van der Waals surface area (Å²) in [4.78, 5) is 17.6. The van der Waals surface area contributed by atoms with E-state index in [9.17, 15) is 9.90 Å². The van der Waals surface area contributed by atoms with Crippen molar-refractivity contribution in [3.8, 4) is 0 Å². The predicted octanol–water partition coefficient (Wildman–Crippen LogP) is 0.678. The summed E-state index contributed by atoms with van der Waals surface area (Å²) in [5.74, 6) is -0.0886. The van der Waals surface area contributed by atoms with Crippen molar-refractivity contribution in [3.63, 3.8) is 0 Å². The average Bonchev–Trinajstić information content (AvgIpc) is 2.29. The number of nitrogens with zero attached hydrogens (tertiary/aromatic N) is 2. The standard InChI is InChI=1S/C11H14N2O2/c14-9-4-3-7-13(8-9)11(15)10-5-1-2-6-12-10/h1-2,5-6,9,14H,3-4,7-8H2/t9-/m1/s1. The first-order valence-electron chi connectivity index (χ1n) is 5.16. The summed E-state index contributed by atoms with van der Waals surface area (Å²) in [6, 6.07) is 5.27. The second kappa shape index (κ2) is 4.40. The lowest BCUT2D eigenvalue weighted by atomic mass is 10.1. The molecule has 80 valence electrons. The number of pyridine rings is 1. The van der Waals surface area contributed by atoms with Crippen molar-refractivity contribution in [2.75, 3.05) is 13.1 Å². The summed E-state index contributed by atoms with van der Waals surface area (Å²) < 4.78 is 0. The molecule has 1 amide bonds. The number of hydrogen-bond donors (Lipinski definition) is 1. The number of likely N-dealkylation sites (tertiary alicyclic amines) is 1. The lowest BCUT2D eigenvalue weighted by Crippen LogP contribution is -2.42. The molecule has 0 spiro atoms. The van der Waals surface area contributed by atoms with Crippen LogP contribution >= 0.6 is 0 Å². The van der Waals surface area contributed by atoms with Crippen molar-refractivity contribution in [2.45, 2.75) is 18.9 Å². The maximum absolute atomic E-state index is 11.9. The number of aliphatic hydroxyl groups is 1. The van der Waals surface area contributed by atoms with Crippen LogP contribution in [0.4, 0.5) is 0 Å². The summed E-state index contributed by atoms with van der Waals surface area (Å²) in [6.07, 6.45) is 2.87. The van der Waals surface area contributed by atoms with Gasteiger partial charge in [-0.15, -0.1) is 0 Å². The number of β-amino-alcohol motifs (C(OH)–C–C–N with tert-alkyl or cyclic N) is 1. The van der Waals surface area contributed by atoms with Crippen molar-refractivity contribution < 1.29 is 9.90 Å². The van der Waals surface area contributed by atoms with Crippen LogP contribution in [0.5, 0.6) is 0 Å². The van der Waals surface area contributed by atoms with Crippen LogP contribution in [-0.4, -0.2) is 40.1 Å². The van der Waals surface area contributed by atoms with Gasteiger partial charge in [0.15, 0.2) is 0 Å². The second-order valence-electron chi connectivity index (χ2n) is 3.76. The molecule has 1 fully saturated rings. The number of piperidine rings is 1. The molecule has 2 rings (SSSR count). The van der Waals surface area contributed by atoms with Gasteiger partial charge in [0.05, 0.1) is 6.10 Å². The molecule has 4 nitrogen and oxygen atoms in total. The van der Waals surface area contributed by atoms with Crippen molar-refractivity contribution in [1.29, 1.82) is 0 Å². The van der Waals surface area contributed by atoms with Crippen LogP contribution in [0, 0.1) is 0 Å². The molecule has 0 bridgehead atoms. The third kappa shape index (κ3) is 2.33. The zero-order valence-electron chi connectivity index (χ0n) is 8.47. The van der Waals surface area contributed by atoms with Crippen molar-refractivity contribution in [3.05, 3.63) is 30.1 Å². The highest BCUT2D eigenvalue weighted by molar-refractivity contribution is 5.92. The van der Waals surface area contributed by atoms with E-state index < -0.39 is 0 Å². The number of carbonyl (C=O) groups is 1. The van der Waals surface area contributed by atoms with Gasteiger partial charge in [0.1, 0.15) is 5.69 Å². The van der Waals surface area contributed by atoms with Gasteiger partial charge < -0.3 is 10.0 Å². The number of rotatable bonds is 1. The van der Waals surface area contributed by atoms with E-state index >= 15 is 0 Å². The minimum absolute atomic E-state index is 0.0886. The van der Waals surface area contributed by atoms with Gasteiger partial charge >= 0.3 is 0 Å². The summed E-state index contributed by atoms with van der Waals surface area (Å²) in [5.41, 5.74) is 0.451. The van der Waals surface area contributed by atoms with E-state index in [0.29, 0.717) is 18.8 Å². The molecule has 0 saturated carbocycles. The Morgan fingerprint density at radius 2 is 2.40 bits per heavy atom. The van der Waals surface area contributed by atoms with E-state index in [-0.39, 0.29) is 12.0 Å². The quantitative estimate of drug-likeness (QED) is 0.735. The zero-order valence-corrected chi connectivity index (χ0v) is 8.47. The molecule has 1 aromatic rings. The molecular weight excluding hydrogens is 192 g/mol. The Balaban J connectivity index is 2.08. The second-order valence-corrected chi connectivity index (χ2v) is 3.76. The molecule has 4 heteroatoms. The lowest BCUT2D eigenvalue weighted by molar-refractivity contribution is 0.0469. The molecule has 0 radical (unpaired) electrons. The maximum atomic E-state index is 11.9. The fraction of sp³-hybridized carbons (Fsp3) is 0.455. The van der Waals surface area contributed by atoms with Crippen LogP contribution in [-0.2, 0) is 0 Å². The Morgan fingerprint density at radius 1 is 1.53 bits per heavy atom. The molecule has 2 heterocycles. The topological polar surface area (TPSA) is 53.4 Å². The highest BCUT2D eigenvalue weighted by Crippen LogP contribution is 2.12. The highest BCUT2D eigenvalue weighted by Gasteiger charge is 2.23. The largest absolute Gasteiger partial charge is 0.391 e. The summed E-state index contributed by atoms with van der Waals surface area (Å²) >= 11 is 0. The van der Waals surface area contributed by atoms with Gasteiger partial charge in [0.25, 0.3) is 5.91 Å².